The van der Waals surface area contributed by atoms with Gasteiger partial charge >= 0.3 is 5.97 Å². The van der Waals surface area contributed by atoms with Crippen LogP contribution in [0, 0.1) is 6.92 Å². The highest BCUT2D eigenvalue weighted by Crippen LogP contribution is 2.32. The first kappa shape index (κ1) is 15.2. The first-order chi connectivity index (χ1) is 11.6. The Balaban J connectivity index is 1.92. The SMILES string of the molecule is Cc1ccc(-c2cnc3c(N4CCNCC4)cc(C(=O)O)cn23)s1. The van der Waals surface area contributed by atoms with Crippen LogP contribution in [0.5, 0.6) is 0 Å². The van der Waals surface area contributed by atoms with Crippen molar-refractivity contribution in [3.63, 3.8) is 0 Å². The van der Waals surface area contributed by atoms with Crippen molar-refractivity contribution >= 4 is 28.6 Å². The molecule has 3 aromatic heterocycles. The maximum Gasteiger partial charge on any atom is 0.337 e. The molecule has 0 saturated carbocycles. The predicted octanol–water partition coefficient (Wildman–Crippen LogP) is 2.48. The van der Waals surface area contributed by atoms with Gasteiger partial charge in [-0.15, -0.1) is 11.3 Å². The van der Waals surface area contributed by atoms with E-state index in [2.05, 4.69) is 34.3 Å². The highest BCUT2D eigenvalue weighted by Gasteiger charge is 2.20. The lowest BCUT2D eigenvalue weighted by Crippen LogP contribution is -2.43. The molecule has 1 fully saturated rings. The molecule has 0 bridgehead atoms. The molecular weight excluding hydrogens is 324 g/mol. The number of thiophene rings is 1. The molecular formula is C17H18N4O2S. The number of aromatic nitrogens is 2. The smallest absolute Gasteiger partial charge is 0.337 e. The van der Waals surface area contributed by atoms with Crippen LogP contribution in [0.25, 0.3) is 16.2 Å². The fraction of sp³-hybridized carbons (Fsp3) is 0.294. The molecule has 1 aliphatic heterocycles. The highest BCUT2D eigenvalue weighted by atomic mass is 32.1. The van der Waals surface area contributed by atoms with Crippen LogP contribution in [-0.2, 0) is 0 Å². The molecule has 124 valence electrons. The topological polar surface area (TPSA) is 69.9 Å². The number of nitrogens with one attached hydrogen (secondary N) is 1. The van der Waals surface area contributed by atoms with Crippen LogP contribution in [0.4, 0.5) is 5.69 Å². The molecule has 0 radical (unpaired) electrons. The molecule has 0 aromatic carbocycles. The van der Waals surface area contributed by atoms with Gasteiger partial charge in [-0.3, -0.25) is 4.40 Å². The second-order valence-electron chi connectivity index (χ2n) is 5.90. The number of rotatable bonds is 3. The normalized spacial score (nSPS) is 15.1. The Morgan fingerprint density at radius 3 is 2.79 bits per heavy atom. The second kappa shape index (κ2) is 5.92. The number of nitrogens with zero attached hydrogens (tertiary/aromatic N) is 3. The third kappa shape index (κ3) is 2.55. The first-order valence-corrected chi connectivity index (χ1v) is 8.72. The average Bonchev–Trinajstić information content (AvgIpc) is 3.20. The fourth-order valence-corrected chi connectivity index (χ4v) is 3.95. The van der Waals surface area contributed by atoms with E-state index in [4.69, 9.17) is 0 Å². The Kier molecular flexibility index (Phi) is 3.74. The van der Waals surface area contributed by atoms with E-state index in [1.807, 2.05) is 10.6 Å². The van der Waals surface area contributed by atoms with E-state index in [0.29, 0.717) is 0 Å². The molecule has 24 heavy (non-hydrogen) atoms. The lowest BCUT2D eigenvalue weighted by molar-refractivity contribution is 0.0696. The Hall–Kier alpha value is -2.38. The zero-order chi connectivity index (χ0) is 16.7. The third-order valence-corrected chi connectivity index (χ3v) is 5.31. The monoisotopic (exact) mass is 342 g/mol. The van der Waals surface area contributed by atoms with Gasteiger partial charge in [-0.1, -0.05) is 0 Å². The molecule has 4 heterocycles. The van der Waals surface area contributed by atoms with Gasteiger partial charge in [0.2, 0.25) is 0 Å². The number of pyridine rings is 1. The molecule has 0 atom stereocenters. The van der Waals surface area contributed by atoms with Crippen molar-refractivity contribution in [3.8, 4) is 10.6 Å². The van der Waals surface area contributed by atoms with Crippen LogP contribution in [0.3, 0.4) is 0 Å². The van der Waals surface area contributed by atoms with Crippen molar-refractivity contribution in [2.24, 2.45) is 0 Å². The van der Waals surface area contributed by atoms with Gasteiger partial charge in [0.25, 0.3) is 0 Å². The van der Waals surface area contributed by atoms with Crippen LogP contribution in [0.15, 0.2) is 30.6 Å². The number of piperazine rings is 1. The van der Waals surface area contributed by atoms with Gasteiger partial charge < -0.3 is 15.3 Å². The van der Waals surface area contributed by atoms with Gasteiger partial charge in [-0.25, -0.2) is 9.78 Å². The number of carbonyl (C=O) groups is 1. The number of hydrogen-bond donors (Lipinski definition) is 2. The Morgan fingerprint density at radius 2 is 2.12 bits per heavy atom. The maximum absolute atomic E-state index is 11.6. The maximum atomic E-state index is 11.6. The fourth-order valence-electron chi connectivity index (χ4n) is 3.08. The lowest BCUT2D eigenvalue weighted by atomic mass is 10.2. The molecule has 7 heteroatoms. The summed E-state index contributed by atoms with van der Waals surface area (Å²) in [6.07, 6.45) is 3.50. The summed E-state index contributed by atoms with van der Waals surface area (Å²) in [4.78, 5) is 20.7. The third-order valence-electron chi connectivity index (χ3n) is 4.28. The summed E-state index contributed by atoms with van der Waals surface area (Å²) in [6.45, 7) is 5.53. The minimum atomic E-state index is -0.921. The van der Waals surface area contributed by atoms with E-state index < -0.39 is 5.97 Å². The van der Waals surface area contributed by atoms with Gasteiger partial charge in [0.05, 0.1) is 28.0 Å². The zero-order valence-corrected chi connectivity index (χ0v) is 14.1. The van der Waals surface area contributed by atoms with E-state index in [0.717, 1.165) is 48.1 Å². The van der Waals surface area contributed by atoms with E-state index in [1.165, 1.54) is 4.88 Å². The first-order valence-electron chi connectivity index (χ1n) is 7.90. The molecule has 6 nitrogen and oxygen atoms in total. The highest BCUT2D eigenvalue weighted by molar-refractivity contribution is 7.15. The lowest BCUT2D eigenvalue weighted by Gasteiger charge is -2.29. The molecule has 1 saturated heterocycles. The quantitative estimate of drug-likeness (QED) is 0.765. The second-order valence-corrected chi connectivity index (χ2v) is 7.19. The van der Waals surface area contributed by atoms with Crippen LogP contribution >= 0.6 is 11.3 Å². The standard InChI is InChI=1S/C17H18N4O2S/c1-11-2-3-15(24-11)14-9-19-16-13(20-6-4-18-5-7-20)8-12(17(22)23)10-21(14)16/h2-3,8-10,18H,4-7H2,1H3,(H,22,23). The predicted molar refractivity (Wildman–Crippen MR) is 95.3 cm³/mol. The van der Waals surface area contributed by atoms with Crippen LogP contribution in [-0.4, -0.2) is 46.6 Å². The number of carboxylic acids is 1. The van der Waals surface area contributed by atoms with E-state index in [9.17, 15) is 9.90 Å². The number of aromatic carboxylic acids is 1. The minimum absolute atomic E-state index is 0.281. The number of fused-ring (bicyclic) bond motifs is 1. The van der Waals surface area contributed by atoms with Crippen molar-refractivity contribution in [2.45, 2.75) is 6.92 Å². The van der Waals surface area contributed by atoms with Crippen LogP contribution in [0.2, 0.25) is 0 Å². The van der Waals surface area contributed by atoms with Crippen LogP contribution in [0.1, 0.15) is 15.2 Å². The van der Waals surface area contributed by atoms with Gasteiger partial charge in [0.1, 0.15) is 0 Å². The summed E-state index contributed by atoms with van der Waals surface area (Å²) in [5.74, 6) is -0.921. The van der Waals surface area contributed by atoms with Gasteiger partial charge in [0, 0.05) is 37.3 Å². The number of imidazole rings is 1. The van der Waals surface area contributed by atoms with Gasteiger partial charge in [-0.05, 0) is 25.1 Å². The summed E-state index contributed by atoms with van der Waals surface area (Å²) >= 11 is 1.68. The number of hydrogen-bond acceptors (Lipinski definition) is 5. The summed E-state index contributed by atoms with van der Waals surface area (Å²) in [6, 6.07) is 5.86. The van der Waals surface area contributed by atoms with Gasteiger partial charge in [0.15, 0.2) is 5.65 Å². The molecule has 0 unspecified atom stereocenters. The average molecular weight is 342 g/mol. The van der Waals surface area contributed by atoms with Crippen LogP contribution < -0.4 is 10.2 Å². The Labute approximate surface area is 143 Å². The van der Waals surface area contributed by atoms with Crippen molar-refractivity contribution in [3.05, 3.63) is 41.0 Å². The summed E-state index contributed by atoms with van der Waals surface area (Å²) in [5, 5.41) is 12.8. The molecule has 4 rings (SSSR count). The molecule has 0 aliphatic carbocycles. The summed E-state index contributed by atoms with van der Waals surface area (Å²) in [7, 11) is 0. The summed E-state index contributed by atoms with van der Waals surface area (Å²) in [5.41, 5.74) is 2.91. The molecule has 0 amide bonds. The molecule has 1 aliphatic rings. The molecule has 3 aromatic rings. The zero-order valence-electron chi connectivity index (χ0n) is 13.3. The Morgan fingerprint density at radius 1 is 1.33 bits per heavy atom. The number of anilines is 1. The largest absolute Gasteiger partial charge is 0.478 e. The summed E-state index contributed by atoms with van der Waals surface area (Å²) < 4.78 is 1.91. The molecule has 2 N–H and O–H groups in total. The van der Waals surface area contributed by atoms with Crippen molar-refractivity contribution in [1.29, 1.82) is 0 Å². The van der Waals surface area contributed by atoms with E-state index in [1.54, 1.807) is 23.6 Å². The Bertz CT molecular complexity index is 909. The van der Waals surface area contributed by atoms with Crippen molar-refractivity contribution in [2.75, 3.05) is 31.1 Å². The van der Waals surface area contributed by atoms with Crippen molar-refractivity contribution in [1.82, 2.24) is 14.7 Å². The van der Waals surface area contributed by atoms with E-state index >= 15 is 0 Å². The number of carboxylic acid groups (broad SMARTS) is 1. The number of aryl methyl sites for hydroxylation is 1. The van der Waals surface area contributed by atoms with Crippen molar-refractivity contribution < 1.29 is 9.90 Å². The van der Waals surface area contributed by atoms with Gasteiger partial charge in [-0.2, -0.15) is 0 Å². The molecule has 0 spiro atoms. The minimum Gasteiger partial charge on any atom is -0.478 e. The van der Waals surface area contributed by atoms with E-state index in [-0.39, 0.29) is 5.56 Å².